The summed E-state index contributed by atoms with van der Waals surface area (Å²) in [5.74, 6) is 3.17. The van der Waals surface area contributed by atoms with E-state index in [9.17, 15) is 4.79 Å². The van der Waals surface area contributed by atoms with Crippen molar-refractivity contribution in [1.82, 2.24) is 20.4 Å². The maximum atomic E-state index is 11.9. The number of benzene rings is 1. The molecule has 0 saturated carbocycles. The van der Waals surface area contributed by atoms with Crippen molar-refractivity contribution < 1.29 is 9.53 Å². The van der Waals surface area contributed by atoms with Crippen LogP contribution >= 0.6 is 0 Å². The molecule has 1 aromatic carbocycles. The van der Waals surface area contributed by atoms with Crippen molar-refractivity contribution in [1.29, 1.82) is 0 Å². The summed E-state index contributed by atoms with van der Waals surface area (Å²) >= 11 is 0. The third-order valence-electron chi connectivity index (χ3n) is 3.52. The van der Waals surface area contributed by atoms with Gasteiger partial charge >= 0.3 is 6.03 Å². The van der Waals surface area contributed by atoms with Gasteiger partial charge in [-0.15, -0.1) is 6.42 Å². The van der Waals surface area contributed by atoms with Gasteiger partial charge in [0, 0.05) is 25.4 Å². The van der Waals surface area contributed by atoms with Crippen LogP contribution in [0.25, 0.3) is 0 Å². The molecule has 6 heteroatoms. The van der Waals surface area contributed by atoms with Crippen LogP contribution in [0.3, 0.4) is 0 Å². The number of nitrogens with zero attached hydrogens (tertiary/aromatic N) is 2. The van der Waals surface area contributed by atoms with Crippen molar-refractivity contribution in [3.63, 3.8) is 0 Å². The van der Waals surface area contributed by atoms with E-state index in [4.69, 9.17) is 11.2 Å². The number of nitrogens with one attached hydrogen (secondary N) is 2. The Balaban J connectivity index is 1.71. The second-order valence-electron chi connectivity index (χ2n) is 5.46. The quantitative estimate of drug-likeness (QED) is 0.765. The molecule has 0 unspecified atom stereocenters. The highest BCUT2D eigenvalue weighted by molar-refractivity contribution is 5.74. The third-order valence-corrected chi connectivity index (χ3v) is 3.52. The van der Waals surface area contributed by atoms with Crippen molar-refractivity contribution in [2.24, 2.45) is 7.05 Å². The van der Waals surface area contributed by atoms with Gasteiger partial charge in [0.1, 0.15) is 12.4 Å². The van der Waals surface area contributed by atoms with Gasteiger partial charge in [-0.25, -0.2) is 4.79 Å². The van der Waals surface area contributed by atoms with E-state index >= 15 is 0 Å². The highest BCUT2D eigenvalue weighted by Gasteiger charge is 2.10. The Morgan fingerprint density at radius 1 is 1.42 bits per heavy atom. The summed E-state index contributed by atoms with van der Waals surface area (Å²) in [6, 6.07) is 7.38. The first kappa shape index (κ1) is 17.4. The lowest BCUT2D eigenvalue weighted by atomic mass is 10.1. The first-order valence-electron chi connectivity index (χ1n) is 7.76. The van der Waals surface area contributed by atoms with Gasteiger partial charge in [-0.3, -0.25) is 4.68 Å². The van der Waals surface area contributed by atoms with Gasteiger partial charge < -0.3 is 15.4 Å². The molecule has 2 amide bonds. The summed E-state index contributed by atoms with van der Waals surface area (Å²) in [7, 11) is 1.85. The molecule has 0 aliphatic carbocycles. The van der Waals surface area contributed by atoms with Crippen LogP contribution in [-0.2, 0) is 13.5 Å². The first-order valence-corrected chi connectivity index (χ1v) is 7.76. The largest absolute Gasteiger partial charge is 0.481 e. The van der Waals surface area contributed by atoms with Crippen LogP contribution in [0.15, 0.2) is 36.7 Å². The zero-order valence-electron chi connectivity index (χ0n) is 14.0. The number of rotatable bonds is 7. The number of amides is 2. The summed E-state index contributed by atoms with van der Waals surface area (Å²) < 4.78 is 7.03. The van der Waals surface area contributed by atoms with Gasteiger partial charge in [-0.05, 0) is 31.0 Å². The fraction of sp³-hybridized carbons (Fsp3) is 0.333. The lowest BCUT2D eigenvalue weighted by Gasteiger charge is -2.13. The number of hydrogen-bond donors (Lipinski definition) is 2. The number of hydrogen-bond acceptors (Lipinski definition) is 3. The summed E-state index contributed by atoms with van der Waals surface area (Å²) in [5, 5.41) is 9.83. The second kappa shape index (κ2) is 8.63. The third kappa shape index (κ3) is 5.36. The Kier molecular flexibility index (Phi) is 6.26. The Morgan fingerprint density at radius 2 is 2.17 bits per heavy atom. The molecule has 0 fully saturated rings. The van der Waals surface area contributed by atoms with Gasteiger partial charge in [0.2, 0.25) is 0 Å². The van der Waals surface area contributed by atoms with Crippen molar-refractivity contribution in [3.05, 3.63) is 47.8 Å². The normalized spacial score (nSPS) is 11.4. The van der Waals surface area contributed by atoms with Crippen LogP contribution in [0.4, 0.5) is 4.79 Å². The van der Waals surface area contributed by atoms with Gasteiger partial charge in [0.25, 0.3) is 0 Å². The fourth-order valence-electron chi connectivity index (χ4n) is 2.19. The Morgan fingerprint density at radius 3 is 2.79 bits per heavy atom. The first-order chi connectivity index (χ1) is 11.6. The molecule has 0 saturated heterocycles. The van der Waals surface area contributed by atoms with E-state index < -0.39 is 0 Å². The molecule has 0 aliphatic rings. The van der Waals surface area contributed by atoms with Gasteiger partial charge in [-0.1, -0.05) is 18.1 Å². The summed E-state index contributed by atoms with van der Waals surface area (Å²) in [4.78, 5) is 11.9. The second-order valence-corrected chi connectivity index (χ2v) is 5.46. The molecule has 1 atom stereocenters. The molecular weight excluding hydrogens is 304 g/mol. The maximum absolute atomic E-state index is 11.9. The number of carbonyl (C=O) groups excluding carboxylic acids is 1. The summed E-state index contributed by atoms with van der Waals surface area (Å²) in [6.07, 6.45) is 9.52. The monoisotopic (exact) mass is 326 g/mol. The number of carbonyl (C=O) groups is 1. The molecule has 24 heavy (non-hydrogen) atoms. The average molecular weight is 326 g/mol. The van der Waals surface area contributed by atoms with E-state index in [0.29, 0.717) is 6.54 Å². The van der Waals surface area contributed by atoms with Gasteiger partial charge in [0.15, 0.2) is 0 Å². The summed E-state index contributed by atoms with van der Waals surface area (Å²) in [5.41, 5.74) is 2.08. The van der Waals surface area contributed by atoms with Crippen LogP contribution in [0.5, 0.6) is 5.75 Å². The van der Waals surface area contributed by atoms with Crippen molar-refractivity contribution in [3.8, 4) is 18.1 Å². The smallest absolute Gasteiger partial charge is 0.315 e. The minimum Gasteiger partial charge on any atom is -0.481 e. The Bertz CT molecular complexity index is 701. The van der Waals surface area contributed by atoms with E-state index in [1.807, 2.05) is 44.4 Å². The zero-order chi connectivity index (χ0) is 17.4. The predicted molar refractivity (Wildman–Crippen MR) is 92.6 cm³/mol. The SMILES string of the molecule is C#CCOc1ccc(CCNC(=O)N[C@@H](C)c2cnn(C)c2)cc1. The summed E-state index contributed by atoms with van der Waals surface area (Å²) in [6.45, 7) is 2.73. The topological polar surface area (TPSA) is 68.2 Å². The van der Waals surface area contributed by atoms with E-state index in [1.54, 1.807) is 10.9 Å². The highest BCUT2D eigenvalue weighted by Crippen LogP contribution is 2.12. The zero-order valence-corrected chi connectivity index (χ0v) is 14.0. The minimum absolute atomic E-state index is 0.0914. The van der Waals surface area contributed by atoms with Gasteiger partial charge in [0.05, 0.1) is 12.2 Å². The lowest BCUT2D eigenvalue weighted by molar-refractivity contribution is 0.238. The molecule has 126 valence electrons. The lowest BCUT2D eigenvalue weighted by Crippen LogP contribution is -2.37. The number of aryl methyl sites for hydroxylation is 1. The van der Waals surface area contributed by atoms with Gasteiger partial charge in [-0.2, -0.15) is 5.10 Å². The molecule has 0 aliphatic heterocycles. The van der Waals surface area contributed by atoms with E-state index in [2.05, 4.69) is 21.7 Å². The average Bonchev–Trinajstić information content (AvgIpc) is 3.01. The van der Waals surface area contributed by atoms with Crippen LogP contribution in [-0.4, -0.2) is 29.0 Å². The van der Waals surface area contributed by atoms with E-state index in [0.717, 1.165) is 23.3 Å². The molecule has 2 N–H and O–H groups in total. The van der Waals surface area contributed by atoms with E-state index in [-0.39, 0.29) is 18.7 Å². The number of aromatic nitrogens is 2. The number of ether oxygens (including phenoxy) is 1. The maximum Gasteiger partial charge on any atom is 0.315 e. The molecule has 1 aromatic heterocycles. The molecule has 6 nitrogen and oxygen atoms in total. The molecule has 1 heterocycles. The molecule has 0 spiro atoms. The Labute approximate surface area is 142 Å². The minimum atomic E-state index is -0.194. The fourth-order valence-corrected chi connectivity index (χ4v) is 2.19. The Hall–Kier alpha value is -2.94. The number of urea groups is 1. The highest BCUT2D eigenvalue weighted by atomic mass is 16.5. The van der Waals surface area contributed by atoms with Crippen LogP contribution in [0.1, 0.15) is 24.1 Å². The molecule has 2 rings (SSSR count). The molecule has 2 aromatic rings. The molecule has 0 bridgehead atoms. The van der Waals surface area contributed by atoms with Crippen LogP contribution in [0.2, 0.25) is 0 Å². The van der Waals surface area contributed by atoms with E-state index in [1.165, 1.54) is 0 Å². The molecule has 0 radical (unpaired) electrons. The van der Waals surface area contributed by atoms with Crippen molar-refractivity contribution in [2.75, 3.05) is 13.2 Å². The standard InChI is InChI=1S/C18H22N4O2/c1-4-11-24-17-7-5-15(6-8-17)9-10-19-18(23)21-14(2)16-12-20-22(3)13-16/h1,5-8,12-14H,9-11H2,2-3H3,(H2,19,21,23)/t14-/m0/s1. The molecular formula is C18H22N4O2. The van der Waals surface area contributed by atoms with Crippen LogP contribution < -0.4 is 15.4 Å². The van der Waals surface area contributed by atoms with Crippen molar-refractivity contribution in [2.45, 2.75) is 19.4 Å². The predicted octanol–water partition coefficient (Wildman–Crippen LogP) is 2.03. The van der Waals surface area contributed by atoms with Crippen LogP contribution in [0, 0.1) is 12.3 Å². The number of terminal acetylenes is 1. The van der Waals surface area contributed by atoms with Crippen molar-refractivity contribution >= 4 is 6.03 Å².